The maximum absolute atomic E-state index is 12.9. The predicted octanol–water partition coefficient (Wildman–Crippen LogP) is 3.71. The highest BCUT2D eigenvalue weighted by Gasteiger charge is 2.32. The second kappa shape index (κ2) is 7.48. The van der Waals surface area contributed by atoms with Crippen molar-refractivity contribution in [2.75, 3.05) is 38.6 Å². The van der Waals surface area contributed by atoms with Gasteiger partial charge in [0, 0.05) is 36.2 Å². The molecular formula is C19H20N2O5S. The van der Waals surface area contributed by atoms with E-state index in [1.165, 1.54) is 0 Å². The van der Waals surface area contributed by atoms with Crippen molar-refractivity contribution in [2.24, 2.45) is 0 Å². The highest BCUT2D eigenvalue weighted by atomic mass is 32.2. The van der Waals surface area contributed by atoms with E-state index in [9.17, 15) is 4.79 Å². The minimum absolute atomic E-state index is 0.0768. The summed E-state index contributed by atoms with van der Waals surface area (Å²) in [5.41, 5.74) is 1.64. The Morgan fingerprint density at radius 2 is 1.85 bits per heavy atom. The van der Waals surface area contributed by atoms with Crippen LogP contribution in [0.25, 0.3) is 0 Å². The lowest BCUT2D eigenvalue weighted by Gasteiger charge is -2.24. The first-order valence-electron chi connectivity index (χ1n) is 8.50. The van der Waals surface area contributed by atoms with Gasteiger partial charge in [-0.15, -0.1) is 11.8 Å². The van der Waals surface area contributed by atoms with Gasteiger partial charge in [0.25, 0.3) is 0 Å². The van der Waals surface area contributed by atoms with E-state index >= 15 is 0 Å². The zero-order valence-corrected chi connectivity index (χ0v) is 15.9. The molecule has 1 unspecified atom stereocenters. The fraction of sp³-hybridized carbons (Fsp3) is 0.316. The van der Waals surface area contributed by atoms with E-state index in [-0.39, 0.29) is 18.2 Å². The molecule has 0 radical (unpaired) electrons. The third-order valence-electron chi connectivity index (χ3n) is 4.44. The zero-order chi connectivity index (χ0) is 18.8. The Kier molecular flexibility index (Phi) is 4.89. The molecule has 0 spiro atoms. The number of thioether (sulfide) groups is 1. The molecule has 2 amide bonds. The summed E-state index contributed by atoms with van der Waals surface area (Å²) in [6.07, 6.45) is 0. The molecule has 27 heavy (non-hydrogen) atoms. The van der Waals surface area contributed by atoms with E-state index in [1.54, 1.807) is 44.2 Å². The standard InChI is InChI=1S/C19H20N2O5S/c1-23-14-8-13(9-15(10-14)24-2)20-19(22)21-5-6-27-18(21)12-3-4-16-17(7-12)26-11-25-16/h3-4,7-10,18H,5-6,11H2,1-2H3,(H,20,22). The molecule has 1 atom stereocenters. The Morgan fingerprint density at radius 3 is 2.59 bits per heavy atom. The van der Waals surface area contributed by atoms with Gasteiger partial charge in [0.2, 0.25) is 6.79 Å². The fourth-order valence-corrected chi connectivity index (χ4v) is 4.34. The second-order valence-corrected chi connectivity index (χ2v) is 7.25. The fourth-order valence-electron chi connectivity index (χ4n) is 3.10. The van der Waals surface area contributed by atoms with Gasteiger partial charge >= 0.3 is 6.03 Å². The number of amides is 2. The van der Waals surface area contributed by atoms with Crippen LogP contribution in [0.5, 0.6) is 23.0 Å². The first-order chi connectivity index (χ1) is 13.2. The second-order valence-electron chi connectivity index (χ2n) is 6.06. The Labute approximate surface area is 161 Å². The summed E-state index contributed by atoms with van der Waals surface area (Å²) in [4.78, 5) is 14.7. The van der Waals surface area contributed by atoms with Crippen molar-refractivity contribution in [3.8, 4) is 23.0 Å². The van der Waals surface area contributed by atoms with Gasteiger partial charge in [-0.25, -0.2) is 4.79 Å². The van der Waals surface area contributed by atoms with Crippen molar-refractivity contribution in [1.29, 1.82) is 0 Å². The third-order valence-corrected chi connectivity index (χ3v) is 5.70. The molecule has 2 aromatic carbocycles. The third kappa shape index (κ3) is 3.57. The smallest absolute Gasteiger partial charge is 0.323 e. The number of hydrogen-bond acceptors (Lipinski definition) is 6. The summed E-state index contributed by atoms with van der Waals surface area (Å²) < 4.78 is 21.4. The average Bonchev–Trinajstić information content (AvgIpc) is 3.36. The number of fused-ring (bicyclic) bond motifs is 1. The molecule has 0 aliphatic carbocycles. The normalized spacial score (nSPS) is 17.7. The number of nitrogens with zero attached hydrogens (tertiary/aromatic N) is 1. The molecule has 8 heteroatoms. The van der Waals surface area contributed by atoms with E-state index in [4.69, 9.17) is 18.9 Å². The summed E-state index contributed by atoms with van der Waals surface area (Å²) in [6.45, 7) is 0.898. The zero-order valence-electron chi connectivity index (χ0n) is 15.1. The van der Waals surface area contributed by atoms with Crippen LogP contribution in [0.15, 0.2) is 36.4 Å². The minimum atomic E-state index is -0.169. The Hall–Kier alpha value is -2.74. The number of anilines is 1. The van der Waals surface area contributed by atoms with Crippen LogP contribution in [0.1, 0.15) is 10.9 Å². The predicted molar refractivity (Wildman–Crippen MR) is 103 cm³/mol. The van der Waals surface area contributed by atoms with Crippen molar-refractivity contribution in [3.63, 3.8) is 0 Å². The first-order valence-corrected chi connectivity index (χ1v) is 9.54. The topological polar surface area (TPSA) is 69.3 Å². The molecule has 2 aliphatic heterocycles. The molecule has 2 heterocycles. The number of nitrogens with one attached hydrogen (secondary N) is 1. The molecule has 0 aromatic heterocycles. The van der Waals surface area contributed by atoms with Crippen molar-refractivity contribution in [2.45, 2.75) is 5.37 Å². The number of urea groups is 1. The van der Waals surface area contributed by atoms with Crippen LogP contribution in [0, 0.1) is 0 Å². The largest absolute Gasteiger partial charge is 0.497 e. The van der Waals surface area contributed by atoms with Gasteiger partial charge < -0.3 is 29.2 Å². The Balaban J connectivity index is 1.53. The van der Waals surface area contributed by atoms with Crippen LogP contribution in [0.4, 0.5) is 10.5 Å². The van der Waals surface area contributed by atoms with Gasteiger partial charge in [0.1, 0.15) is 16.9 Å². The lowest BCUT2D eigenvalue weighted by Crippen LogP contribution is -2.34. The van der Waals surface area contributed by atoms with E-state index in [0.29, 0.717) is 23.7 Å². The Morgan fingerprint density at radius 1 is 1.11 bits per heavy atom. The monoisotopic (exact) mass is 388 g/mol. The number of hydrogen-bond donors (Lipinski definition) is 1. The molecule has 142 valence electrons. The summed E-state index contributed by atoms with van der Waals surface area (Å²) in [6, 6.07) is 10.9. The Bertz CT molecular complexity index is 838. The van der Waals surface area contributed by atoms with E-state index in [2.05, 4.69) is 5.32 Å². The molecule has 1 saturated heterocycles. The summed E-state index contributed by atoms with van der Waals surface area (Å²) >= 11 is 1.72. The molecule has 0 saturated carbocycles. The molecule has 1 fully saturated rings. The summed E-state index contributed by atoms with van der Waals surface area (Å²) in [5, 5.41) is 2.87. The maximum atomic E-state index is 12.9. The number of carbonyl (C=O) groups excluding carboxylic acids is 1. The molecule has 7 nitrogen and oxygen atoms in total. The van der Waals surface area contributed by atoms with Crippen LogP contribution in [-0.2, 0) is 0 Å². The van der Waals surface area contributed by atoms with Crippen LogP contribution in [0.2, 0.25) is 0 Å². The van der Waals surface area contributed by atoms with Crippen LogP contribution in [-0.4, -0.2) is 44.2 Å². The van der Waals surface area contributed by atoms with Crippen molar-refractivity contribution < 1.29 is 23.7 Å². The molecular weight excluding hydrogens is 368 g/mol. The van der Waals surface area contributed by atoms with Gasteiger partial charge in [-0.3, -0.25) is 0 Å². The summed E-state index contributed by atoms with van der Waals surface area (Å²) in [7, 11) is 3.15. The number of ether oxygens (including phenoxy) is 4. The number of rotatable bonds is 4. The van der Waals surface area contributed by atoms with Gasteiger partial charge in [-0.2, -0.15) is 0 Å². The summed E-state index contributed by atoms with van der Waals surface area (Å²) in [5.74, 6) is 3.56. The van der Waals surface area contributed by atoms with E-state index in [0.717, 1.165) is 22.8 Å². The number of methoxy groups -OCH3 is 2. The number of benzene rings is 2. The van der Waals surface area contributed by atoms with Crippen molar-refractivity contribution >= 4 is 23.5 Å². The number of carbonyl (C=O) groups is 1. The van der Waals surface area contributed by atoms with Crippen molar-refractivity contribution in [1.82, 2.24) is 4.90 Å². The maximum Gasteiger partial charge on any atom is 0.323 e. The average molecular weight is 388 g/mol. The van der Waals surface area contributed by atoms with E-state index < -0.39 is 0 Å². The molecule has 1 N–H and O–H groups in total. The van der Waals surface area contributed by atoms with Gasteiger partial charge in [-0.1, -0.05) is 6.07 Å². The van der Waals surface area contributed by atoms with Gasteiger partial charge in [-0.05, 0) is 17.7 Å². The van der Waals surface area contributed by atoms with Crippen LogP contribution < -0.4 is 24.3 Å². The van der Waals surface area contributed by atoms with Crippen LogP contribution in [0.3, 0.4) is 0 Å². The SMILES string of the molecule is COc1cc(NC(=O)N2CCSC2c2ccc3c(c2)OCO3)cc(OC)c1. The molecule has 2 aromatic rings. The molecule has 4 rings (SSSR count). The van der Waals surface area contributed by atoms with Crippen molar-refractivity contribution in [3.05, 3.63) is 42.0 Å². The highest BCUT2D eigenvalue weighted by molar-refractivity contribution is 7.99. The van der Waals surface area contributed by atoms with E-state index in [1.807, 2.05) is 23.1 Å². The minimum Gasteiger partial charge on any atom is -0.497 e. The van der Waals surface area contributed by atoms with Gasteiger partial charge in [0.05, 0.1) is 14.2 Å². The lowest BCUT2D eigenvalue weighted by molar-refractivity contribution is 0.174. The van der Waals surface area contributed by atoms with Crippen LogP contribution >= 0.6 is 11.8 Å². The highest BCUT2D eigenvalue weighted by Crippen LogP contribution is 2.42. The quantitative estimate of drug-likeness (QED) is 0.861. The lowest BCUT2D eigenvalue weighted by atomic mass is 10.2. The van der Waals surface area contributed by atoms with Gasteiger partial charge in [0.15, 0.2) is 11.5 Å². The molecule has 0 bridgehead atoms. The molecule has 2 aliphatic rings. The first kappa shape index (κ1) is 17.7.